The molecule has 1 aromatic heterocycles. The fourth-order valence-electron chi connectivity index (χ4n) is 3.37. The van der Waals surface area contributed by atoms with Crippen molar-refractivity contribution in [1.29, 1.82) is 0 Å². The monoisotopic (exact) mass is 348 g/mol. The average Bonchev–Trinajstić information content (AvgIpc) is 3.16. The second-order valence-corrected chi connectivity index (χ2v) is 6.60. The molecule has 3 rings (SSSR count). The standard InChI is InChI=1S/C17H24N4O4/c18-16(23)13-3-5-20(6-4-13)15(22)12-19-7-9-21(10-8-19)17(24)14-2-1-11-25-14/h1-2,11,13H,3-10,12H2,(H2,18,23). The van der Waals surface area contributed by atoms with Crippen LogP contribution in [-0.2, 0) is 9.59 Å². The van der Waals surface area contributed by atoms with Crippen LogP contribution in [0.1, 0.15) is 23.4 Å². The molecule has 3 heterocycles. The zero-order chi connectivity index (χ0) is 17.8. The van der Waals surface area contributed by atoms with Gasteiger partial charge in [-0.25, -0.2) is 0 Å². The summed E-state index contributed by atoms with van der Waals surface area (Å²) in [5.74, 6) is -0.0651. The van der Waals surface area contributed by atoms with Gasteiger partial charge in [-0.1, -0.05) is 0 Å². The van der Waals surface area contributed by atoms with Gasteiger partial charge in [0.1, 0.15) is 0 Å². The van der Waals surface area contributed by atoms with Gasteiger partial charge in [0.2, 0.25) is 11.8 Å². The molecule has 0 aromatic carbocycles. The maximum atomic E-state index is 12.4. The average molecular weight is 348 g/mol. The van der Waals surface area contributed by atoms with Crippen molar-refractivity contribution in [1.82, 2.24) is 14.7 Å². The minimum absolute atomic E-state index is 0.0775. The molecule has 25 heavy (non-hydrogen) atoms. The van der Waals surface area contributed by atoms with E-state index in [2.05, 4.69) is 4.90 Å². The fourth-order valence-corrected chi connectivity index (χ4v) is 3.37. The Bertz CT molecular complexity index is 615. The van der Waals surface area contributed by atoms with Gasteiger partial charge >= 0.3 is 0 Å². The van der Waals surface area contributed by atoms with Crippen molar-refractivity contribution < 1.29 is 18.8 Å². The quantitative estimate of drug-likeness (QED) is 0.809. The molecule has 0 radical (unpaired) electrons. The van der Waals surface area contributed by atoms with Gasteiger partial charge in [0.05, 0.1) is 12.8 Å². The molecular weight excluding hydrogens is 324 g/mol. The summed E-state index contributed by atoms with van der Waals surface area (Å²) in [7, 11) is 0. The highest BCUT2D eigenvalue weighted by Crippen LogP contribution is 2.17. The van der Waals surface area contributed by atoms with Crippen LogP contribution in [0.5, 0.6) is 0 Å². The lowest BCUT2D eigenvalue weighted by Gasteiger charge is -2.36. The number of hydrogen-bond donors (Lipinski definition) is 1. The summed E-state index contributed by atoms with van der Waals surface area (Å²) in [6.07, 6.45) is 2.78. The number of piperidine rings is 1. The number of primary amides is 1. The van der Waals surface area contributed by atoms with E-state index in [-0.39, 0.29) is 23.6 Å². The van der Waals surface area contributed by atoms with Crippen molar-refractivity contribution in [3.8, 4) is 0 Å². The van der Waals surface area contributed by atoms with Crippen LogP contribution in [0.3, 0.4) is 0 Å². The van der Waals surface area contributed by atoms with Gasteiger partial charge < -0.3 is 20.0 Å². The second-order valence-electron chi connectivity index (χ2n) is 6.60. The Morgan fingerprint density at radius 1 is 1.04 bits per heavy atom. The SMILES string of the molecule is NC(=O)C1CCN(C(=O)CN2CCN(C(=O)c3ccco3)CC2)CC1. The number of amides is 3. The molecule has 2 aliphatic rings. The molecule has 0 aliphatic carbocycles. The molecule has 136 valence electrons. The summed E-state index contributed by atoms with van der Waals surface area (Å²) in [5.41, 5.74) is 5.32. The number of likely N-dealkylation sites (tertiary alicyclic amines) is 1. The molecule has 1 aromatic rings. The van der Waals surface area contributed by atoms with Crippen LogP contribution in [0.4, 0.5) is 0 Å². The van der Waals surface area contributed by atoms with E-state index in [1.165, 1.54) is 6.26 Å². The first-order valence-corrected chi connectivity index (χ1v) is 8.67. The molecular formula is C17H24N4O4. The minimum atomic E-state index is -0.274. The minimum Gasteiger partial charge on any atom is -0.459 e. The molecule has 3 amide bonds. The Hall–Kier alpha value is -2.35. The van der Waals surface area contributed by atoms with Gasteiger partial charge in [-0.2, -0.15) is 0 Å². The Morgan fingerprint density at radius 3 is 2.28 bits per heavy atom. The zero-order valence-corrected chi connectivity index (χ0v) is 14.2. The largest absolute Gasteiger partial charge is 0.459 e. The topological polar surface area (TPSA) is 100 Å². The van der Waals surface area contributed by atoms with E-state index in [0.717, 1.165) is 0 Å². The fraction of sp³-hybridized carbons (Fsp3) is 0.588. The maximum Gasteiger partial charge on any atom is 0.289 e. The molecule has 8 heteroatoms. The lowest BCUT2D eigenvalue weighted by molar-refractivity contribution is -0.136. The summed E-state index contributed by atoms with van der Waals surface area (Å²) in [5, 5.41) is 0. The Kier molecular flexibility index (Phi) is 5.37. The molecule has 0 bridgehead atoms. The third-order valence-corrected chi connectivity index (χ3v) is 5.00. The summed E-state index contributed by atoms with van der Waals surface area (Å²) in [6, 6.07) is 3.36. The van der Waals surface area contributed by atoms with Gasteiger partial charge in [-0.05, 0) is 25.0 Å². The van der Waals surface area contributed by atoms with Crippen LogP contribution in [0.2, 0.25) is 0 Å². The lowest BCUT2D eigenvalue weighted by atomic mass is 9.96. The first kappa shape index (κ1) is 17.5. The van der Waals surface area contributed by atoms with Crippen LogP contribution in [0.25, 0.3) is 0 Å². The Balaban J connectivity index is 1.42. The number of nitrogens with two attached hydrogens (primary N) is 1. The van der Waals surface area contributed by atoms with Gasteiger partial charge in [-0.15, -0.1) is 0 Å². The van der Waals surface area contributed by atoms with E-state index in [4.69, 9.17) is 10.2 Å². The number of carbonyl (C=O) groups is 3. The van der Waals surface area contributed by atoms with E-state index in [1.54, 1.807) is 21.9 Å². The van der Waals surface area contributed by atoms with Crippen LogP contribution in [0.15, 0.2) is 22.8 Å². The molecule has 0 spiro atoms. The number of nitrogens with zero attached hydrogens (tertiary/aromatic N) is 3. The van der Waals surface area contributed by atoms with Crippen LogP contribution < -0.4 is 5.73 Å². The zero-order valence-electron chi connectivity index (χ0n) is 14.2. The highest BCUT2D eigenvalue weighted by atomic mass is 16.3. The van der Waals surface area contributed by atoms with Crippen LogP contribution in [0, 0.1) is 5.92 Å². The summed E-state index contributed by atoms with van der Waals surface area (Å²) >= 11 is 0. The molecule has 2 fully saturated rings. The third-order valence-electron chi connectivity index (χ3n) is 5.00. The predicted molar refractivity (Wildman–Crippen MR) is 89.5 cm³/mol. The van der Waals surface area contributed by atoms with Crippen molar-refractivity contribution in [3.05, 3.63) is 24.2 Å². The number of hydrogen-bond acceptors (Lipinski definition) is 5. The third kappa shape index (κ3) is 4.19. The van der Waals surface area contributed by atoms with E-state index in [1.807, 2.05) is 0 Å². The van der Waals surface area contributed by atoms with Crippen molar-refractivity contribution in [2.24, 2.45) is 11.7 Å². The van der Waals surface area contributed by atoms with Gasteiger partial charge in [0, 0.05) is 45.2 Å². The number of rotatable bonds is 4. The molecule has 2 aliphatic heterocycles. The summed E-state index contributed by atoms with van der Waals surface area (Å²) in [4.78, 5) is 41.4. The predicted octanol–water partition coefficient (Wildman–Crippen LogP) is -0.239. The van der Waals surface area contributed by atoms with E-state index < -0.39 is 0 Å². The Labute approximate surface area is 146 Å². The first-order valence-electron chi connectivity index (χ1n) is 8.67. The summed E-state index contributed by atoms with van der Waals surface area (Å²) < 4.78 is 5.15. The van der Waals surface area contributed by atoms with Gasteiger partial charge in [-0.3, -0.25) is 19.3 Å². The summed E-state index contributed by atoms with van der Waals surface area (Å²) in [6.45, 7) is 4.01. The normalized spacial score (nSPS) is 19.8. The molecule has 0 atom stereocenters. The molecule has 8 nitrogen and oxygen atoms in total. The molecule has 2 N–H and O–H groups in total. The highest BCUT2D eigenvalue weighted by molar-refractivity contribution is 5.91. The Morgan fingerprint density at radius 2 is 1.72 bits per heavy atom. The van der Waals surface area contributed by atoms with Crippen molar-refractivity contribution >= 4 is 17.7 Å². The van der Waals surface area contributed by atoms with E-state index in [0.29, 0.717) is 64.4 Å². The van der Waals surface area contributed by atoms with Gasteiger partial charge in [0.25, 0.3) is 5.91 Å². The lowest BCUT2D eigenvalue weighted by Crippen LogP contribution is -2.52. The maximum absolute atomic E-state index is 12.4. The molecule has 0 saturated carbocycles. The van der Waals surface area contributed by atoms with Gasteiger partial charge in [0.15, 0.2) is 5.76 Å². The van der Waals surface area contributed by atoms with E-state index in [9.17, 15) is 14.4 Å². The van der Waals surface area contributed by atoms with Crippen molar-refractivity contribution in [2.45, 2.75) is 12.8 Å². The number of piperazine rings is 1. The van der Waals surface area contributed by atoms with Crippen LogP contribution in [-0.4, -0.2) is 78.2 Å². The number of carbonyl (C=O) groups excluding carboxylic acids is 3. The van der Waals surface area contributed by atoms with Crippen molar-refractivity contribution in [3.63, 3.8) is 0 Å². The van der Waals surface area contributed by atoms with E-state index >= 15 is 0 Å². The molecule has 2 saturated heterocycles. The first-order chi connectivity index (χ1) is 12.0. The number of furan rings is 1. The highest BCUT2D eigenvalue weighted by Gasteiger charge is 2.28. The molecule has 0 unspecified atom stereocenters. The smallest absolute Gasteiger partial charge is 0.289 e. The van der Waals surface area contributed by atoms with Crippen molar-refractivity contribution in [2.75, 3.05) is 45.8 Å². The van der Waals surface area contributed by atoms with Crippen LogP contribution >= 0.6 is 0 Å². The second kappa shape index (κ2) is 7.69.